The highest BCUT2D eigenvalue weighted by molar-refractivity contribution is 5.49. The molecule has 1 aromatic rings. The van der Waals surface area contributed by atoms with Crippen LogP contribution in [0, 0.1) is 11.7 Å². The summed E-state index contributed by atoms with van der Waals surface area (Å²) in [4.78, 5) is 2.14. The van der Waals surface area contributed by atoms with Crippen LogP contribution in [0.15, 0.2) is 18.2 Å². The Labute approximate surface area is 127 Å². The monoisotopic (exact) mass is 294 g/mol. The SMILES string of the molecule is CCC(N)Cc1ccc(N2CCCC(COC)C2)c(F)c1. The normalized spacial score (nSPS) is 20.6. The number of rotatable bonds is 6. The van der Waals surface area contributed by atoms with Gasteiger partial charge in [-0.25, -0.2) is 4.39 Å². The summed E-state index contributed by atoms with van der Waals surface area (Å²) in [6.45, 7) is 4.60. The Morgan fingerprint density at radius 1 is 1.48 bits per heavy atom. The van der Waals surface area contributed by atoms with E-state index in [0.717, 1.165) is 50.9 Å². The molecule has 0 amide bonds. The third-order valence-electron chi connectivity index (χ3n) is 4.30. The molecule has 0 bridgehead atoms. The first kappa shape index (κ1) is 16.2. The summed E-state index contributed by atoms with van der Waals surface area (Å²) in [7, 11) is 1.73. The van der Waals surface area contributed by atoms with E-state index in [2.05, 4.69) is 11.8 Å². The summed E-state index contributed by atoms with van der Waals surface area (Å²) in [5.74, 6) is 0.366. The van der Waals surface area contributed by atoms with Crippen molar-refractivity contribution in [1.29, 1.82) is 0 Å². The van der Waals surface area contributed by atoms with E-state index in [4.69, 9.17) is 10.5 Å². The van der Waals surface area contributed by atoms with Gasteiger partial charge in [-0.1, -0.05) is 13.0 Å². The minimum Gasteiger partial charge on any atom is -0.384 e. The summed E-state index contributed by atoms with van der Waals surface area (Å²) in [5.41, 5.74) is 7.64. The highest BCUT2D eigenvalue weighted by Gasteiger charge is 2.22. The lowest BCUT2D eigenvalue weighted by molar-refractivity contribution is 0.143. The fourth-order valence-corrected chi connectivity index (χ4v) is 3.04. The molecule has 1 aliphatic heterocycles. The van der Waals surface area contributed by atoms with Crippen LogP contribution in [0.2, 0.25) is 0 Å². The van der Waals surface area contributed by atoms with Crippen molar-refractivity contribution in [1.82, 2.24) is 0 Å². The molecule has 2 rings (SSSR count). The number of benzene rings is 1. The Kier molecular flexibility index (Phi) is 6.00. The van der Waals surface area contributed by atoms with Crippen LogP contribution < -0.4 is 10.6 Å². The van der Waals surface area contributed by atoms with Crippen molar-refractivity contribution in [3.8, 4) is 0 Å². The second-order valence-electron chi connectivity index (χ2n) is 6.07. The van der Waals surface area contributed by atoms with Gasteiger partial charge in [0.25, 0.3) is 0 Å². The van der Waals surface area contributed by atoms with Crippen molar-refractivity contribution in [2.45, 2.75) is 38.6 Å². The maximum absolute atomic E-state index is 14.4. The van der Waals surface area contributed by atoms with Crippen LogP contribution in [0.25, 0.3) is 0 Å². The molecule has 3 nitrogen and oxygen atoms in total. The Bertz CT molecular complexity index is 450. The summed E-state index contributed by atoms with van der Waals surface area (Å²) in [6.07, 6.45) is 3.90. The minimum atomic E-state index is -0.131. The zero-order valence-corrected chi connectivity index (χ0v) is 13.1. The largest absolute Gasteiger partial charge is 0.384 e. The number of piperidine rings is 1. The summed E-state index contributed by atoms with van der Waals surface area (Å²) < 4.78 is 19.6. The molecule has 1 aliphatic rings. The fourth-order valence-electron chi connectivity index (χ4n) is 3.04. The van der Waals surface area contributed by atoms with Gasteiger partial charge < -0.3 is 15.4 Å². The Morgan fingerprint density at radius 2 is 2.29 bits per heavy atom. The molecule has 2 atom stereocenters. The van der Waals surface area contributed by atoms with Crippen molar-refractivity contribution in [2.75, 3.05) is 31.7 Å². The Morgan fingerprint density at radius 3 is 2.95 bits per heavy atom. The van der Waals surface area contributed by atoms with Crippen LogP contribution in [0.5, 0.6) is 0 Å². The third kappa shape index (κ3) is 4.42. The lowest BCUT2D eigenvalue weighted by atomic mass is 9.97. The number of halogens is 1. The van der Waals surface area contributed by atoms with Gasteiger partial charge in [-0.3, -0.25) is 0 Å². The van der Waals surface area contributed by atoms with E-state index in [1.807, 2.05) is 12.1 Å². The second-order valence-corrected chi connectivity index (χ2v) is 6.07. The molecule has 21 heavy (non-hydrogen) atoms. The van der Waals surface area contributed by atoms with Gasteiger partial charge >= 0.3 is 0 Å². The molecular formula is C17H27FN2O. The van der Waals surface area contributed by atoms with Crippen LogP contribution in [0.3, 0.4) is 0 Å². The van der Waals surface area contributed by atoms with Gasteiger partial charge in [0.15, 0.2) is 0 Å². The number of methoxy groups -OCH3 is 1. The first-order valence-corrected chi connectivity index (χ1v) is 7.92. The highest BCUT2D eigenvalue weighted by Crippen LogP contribution is 2.26. The lowest BCUT2D eigenvalue weighted by Crippen LogP contribution is -2.37. The van der Waals surface area contributed by atoms with Gasteiger partial charge in [-0.05, 0) is 49.3 Å². The fraction of sp³-hybridized carbons (Fsp3) is 0.647. The number of hydrogen-bond acceptors (Lipinski definition) is 3. The van der Waals surface area contributed by atoms with E-state index >= 15 is 0 Å². The van der Waals surface area contributed by atoms with E-state index < -0.39 is 0 Å². The van der Waals surface area contributed by atoms with Crippen molar-refractivity contribution in [3.63, 3.8) is 0 Å². The van der Waals surface area contributed by atoms with Gasteiger partial charge in [0, 0.05) is 26.2 Å². The van der Waals surface area contributed by atoms with Gasteiger partial charge in [-0.2, -0.15) is 0 Å². The second kappa shape index (κ2) is 7.76. The van der Waals surface area contributed by atoms with Crippen LogP contribution in [-0.2, 0) is 11.2 Å². The lowest BCUT2D eigenvalue weighted by Gasteiger charge is -2.34. The predicted molar refractivity (Wildman–Crippen MR) is 85.2 cm³/mol. The van der Waals surface area contributed by atoms with Crippen molar-refractivity contribution in [2.24, 2.45) is 11.7 Å². The molecule has 1 fully saturated rings. The minimum absolute atomic E-state index is 0.108. The van der Waals surface area contributed by atoms with E-state index in [0.29, 0.717) is 11.6 Å². The molecule has 1 heterocycles. The first-order chi connectivity index (χ1) is 10.1. The maximum Gasteiger partial charge on any atom is 0.146 e. The van der Waals surface area contributed by atoms with E-state index in [1.165, 1.54) is 0 Å². The molecule has 0 spiro atoms. The molecule has 1 saturated heterocycles. The molecule has 4 heteroatoms. The van der Waals surface area contributed by atoms with Crippen LogP contribution in [-0.4, -0.2) is 32.8 Å². The smallest absolute Gasteiger partial charge is 0.146 e. The van der Waals surface area contributed by atoms with Crippen LogP contribution >= 0.6 is 0 Å². The number of hydrogen-bond donors (Lipinski definition) is 1. The standard InChI is InChI=1S/C17H27FN2O/c1-3-15(19)9-13-6-7-17(16(18)10-13)20-8-4-5-14(11-20)12-21-2/h6-7,10,14-15H,3-5,8-9,11-12,19H2,1-2H3. The number of nitrogens with two attached hydrogens (primary N) is 1. The molecule has 0 radical (unpaired) electrons. The van der Waals surface area contributed by atoms with Crippen molar-refractivity contribution in [3.05, 3.63) is 29.6 Å². The molecular weight excluding hydrogens is 267 g/mol. The number of anilines is 1. The topological polar surface area (TPSA) is 38.5 Å². The van der Waals surface area contributed by atoms with Gasteiger partial charge in [0.05, 0.1) is 12.3 Å². The predicted octanol–water partition coefficient (Wildman–Crippen LogP) is 2.97. The zero-order chi connectivity index (χ0) is 15.2. The van der Waals surface area contributed by atoms with Gasteiger partial charge in [-0.15, -0.1) is 0 Å². The van der Waals surface area contributed by atoms with Gasteiger partial charge in [0.1, 0.15) is 5.82 Å². The van der Waals surface area contributed by atoms with Crippen LogP contribution in [0.4, 0.5) is 10.1 Å². The Balaban J connectivity index is 2.06. The molecule has 1 aromatic carbocycles. The average Bonchev–Trinajstić information content (AvgIpc) is 2.48. The molecule has 2 unspecified atom stereocenters. The van der Waals surface area contributed by atoms with Crippen molar-refractivity contribution >= 4 is 5.69 Å². The summed E-state index contributed by atoms with van der Waals surface area (Å²) in [6, 6.07) is 5.66. The first-order valence-electron chi connectivity index (χ1n) is 7.92. The van der Waals surface area contributed by atoms with E-state index in [1.54, 1.807) is 13.2 Å². The van der Waals surface area contributed by atoms with E-state index in [9.17, 15) is 4.39 Å². The molecule has 118 valence electrons. The van der Waals surface area contributed by atoms with E-state index in [-0.39, 0.29) is 11.9 Å². The van der Waals surface area contributed by atoms with Crippen LogP contribution in [0.1, 0.15) is 31.7 Å². The number of ether oxygens (including phenoxy) is 1. The quantitative estimate of drug-likeness (QED) is 0.876. The molecule has 2 N–H and O–H groups in total. The highest BCUT2D eigenvalue weighted by atomic mass is 19.1. The third-order valence-corrected chi connectivity index (χ3v) is 4.30. The Hall–Kier alpha value is -1.13. The van der Waals surface area contributed by atoms with Crippen molar-refractivity contribution < 1.29 is 9.13 Å². The average molecular weight is 294 g/mol. The molecule has 0 saturated carbocycles. The summed E-state index contributed by atoms with van der Waals surface area (Å²) >= 11 is 0. The zero-order valence-electron chi connectivity index (χ0n) is 13.1. The molecule has 0 aromatic heterocycles. The maximum atomic E-state index is 14.4. The molecule has 0 aliphatic carbocycles. The number of nitrogens with zero attached hydrogens (tertiary/aromatic N) is 1. The van der Waals surface area contributed by atoms with Gasteiger partial charge in [0.2, 0.25) is 0 Å². The summed E-state index contributed by atoms with van der Waals surface area (Å²) in [5, 5.41) is 0.